The Bertz CT molecular complexity index is 487. The van der Waals surface area contributed by atoms with Gasteiger partial charge < -0.3 is 5.11 Å². The summed E-state index contributed by atoms with van der Waals surface area (Å²) in [5.74, 6) is 0.222. The molecule has 1 aromatic carbocycles. The maximum atomic E-state index is 9.14. The van der Waals surface area contributed by atoms with Gasteiger partial charge >= 0.3 is 0 Å². The third kappa shape index (κ3) is 2.27. The van der Waals surface area contributed by atoms with E-state index in [4.69, 9.17) is 16.7 Å². The van der Waals surface area contributed by atoms with Gasteiger partial charge in [0.05, 0.1) is 10.2 Å². The van der Waals surface area contributed by atoms with Gasteiger partial charge in [0, 0.05) is 5.56 Å². The Morgan fingerprint density at radius 2 is 1.80 bits per heavy atom. The molecule has 0 fully saturated rings. The second kappa shape index (κ2) is 4.16. The maximum absolute atomic E-state index is 9.14. The van der Waals surface area contributed by atoms with Crippen LogP contribution in [0.1, 0.15) is 0 Å². The average Bonchev–Trinajstić information content (AvgIpc) is 2.23. The van der Waals surface area contributed by atoms with Crippen LogP contribution in [0.4, 0.5) is 0 Å². The van der Waals surface area contributed by atoms with Crippen LogP contribution in [-0.4, -0.2) is 15.3 Å². The highest BCUT2D eigenvalue weighted by molar-refractivity contribution is 9.10. The molecule has 2 aromatic rings. The molecule has 1 heterocycles. The number of hydrogen-bond acceptors (Lipinski definition) is 3. The van der Waals surface area contributed by atoms with Gasteiger partial charge in [-0.2, -0.15) is 0 Å². The van der Waals surface area contributed by atoms with Gasteiger partial charge in [0.15, 0.2) is 5.15 Å². The number of aromatic hydroxyl groups is 1. The lowest BCUT2D eigenvalue weighted by Gasteiger charge is -2.01. The number of phenols is 1. The minimum Gasteiger partial charge on any atom is -0.508 e. The maximum Gasteiger partial charge on any atom is 0.165 e. The molecule has 0 atom stereocenters. The number of phenolic OH excluding ortho intramolecular Hbond substituents is 1. The van der Waals surface area contributed by atoms with Crippen molar-refractivity contribution in [2.24, 2.45) is 0 Å². The number of nitrogens with zero attached hydrogens (tertiary/aromatic N) is 2. The highest BCUT2D eigenvalue weighted by Gasteiger charge is 2.04. The Morgan fingerprint density at radius 1 is 1.13 bits per heavy atom. The molecule has 0 spiro atoms. The van der Waals surface area contributed by atoms with Crippen molar-refractivity contribution < 1.29 is 5.11 Å². The van der Waals surface area contributed by atoms with Gasteiger partial charge in [0.25, 0.3) is 0 Å². The van der Waals surface area contributed by atoms with Gasteiger partial charge in [-0.3, -0.25) is 0 Å². The smallest absolute Gasteiger partial charge is 0.165 e. The molecule has 0 unspecified atom stereocenters. The zero-order valence-electron chi connectivity index (χ0n) is 7.48. The van der Waals surface area contributed by atoms with Gasteiger partial charge in [-0.25, -0.2) is 0 Å². The van der Waals surface area contributed by atoms with Crippen LogP contribution in [0.25, 0.3) is 11.3 Å². The first-order valence-electron chi connectivity index (χ1n) is 4.15. The largest absolute Gasteiger partial charge is 0.508 e. The summed E-state index contributed by atoms with van der Waals surface area (Å²) in [4.78, 5) is 0. The topological polar surface area (TPSA) is 46.0 Å². The molecule has 0 aliphatic carbocycles. The van der Waals surface area contributed by atoms with Gasteiger partial charge in [-0.1, -0.05) is 11.6 Å². The van der Waals surface area contributed by atoms with E-state index in [1.165, 1.54) is 0 Å². The molecule has 0 amide bonds. The summed E-state index contributed by atoms with van der Waals surface area (Å²) in [5.41, 5.74) is 1.57. The molecule has 76 valence electrons. The Labute approximate surface area is 99.9 Å². The van der Waals surface area contributed by atoms with Crippen LogP contribution in [0.3, 0.4) is 0 Å². The van der Waals surface area contributed by atoms with Crippen LogP contribution in [0.15, 0.2) is 34.8 Å². The molecule has 2 rings (SSSR count). The van der Waals surface area contributed by atoms with Gasteiger partial charge in [0.2, 0.25) is 0 Å². The molecular formula is C10H6BrClN2O. The summed E-state index contributed by atoms with van der Waals surface area (Å²) in [6, 6.07) is 8.50. The number of aromatic nitrogens is 2. The van der Waals surface area contributed by atoms with Crippen molar-refractivity contribution in [1.82, 2.24) is 10.2 Å². The molecule has 5 heteroatoms. The Hall–Kier alpha value is -1.13. The fraction of sp³-hybridized carbons (Fsp3) is 0. The fourth-order valence-corrected chi connectivity index (χ4v) is 1.52. The lowest BCUT2D eigenvalue weighted by Crippen LogP contribution is -1.88. The van der Waals surface area contributed by atoms with Crippen molar-refractivity contribution >= 4 is 27.5 Å². The van der Waals surface area contributed by atoms with Crippen LogP contribution < -0.4 is 0 Å². The van der Waals surface area contributed by atoms with Gasteiger partial charge in [-0.05, 0) is 46.3 Å². The number of benzene rings is 1. The standard InChI is InChI=1S/C10H6BrClN2O/c11-8-5-9(13-14-10(8)12)6-1-3-7(15)4-2-6/h1-5,15H. The Morgan fingerprint density at radius 3 is 2.40 bits per heavy atom. The van der Waals surface area contributed by atoms with E-state index in [1.807, 2.05) is 0 Å². The van der Waals surface area contributed by atoms with Crippen LogP contribution in [0.2, 0.25) is 5.15 Å². The van der Waals surface area contributed by atoms with E-state index >= 15 is 0 Å². The van der Waals surface area contributed by atoms with Gasteiger partial charge in [0.1, 0.15) is 5.75 Å². The molecule has 0 saturated carbocycles. The first kappa shape index (κ1) is 10.4. The van der Waals surface area contributed by atoms with Crippen LogP contribution in [0, 0.1) is 0 Å². The monoisotopic (exact) mass is 284 g/mol. The van der Waals surface area contributed by atoms with Crippen LogP contribution in [-0.2, 0) is 0 Å². The van der Waals surface area contributed by atoms with Gasteiger partial charge in [-0.15, -0.1) is 10.2 Å². The molecular weight excluding hydrogens is 279 g/mol. The van der Waals surface area contributed by atoms with E-state index in [0.717, 1.165) is 5.56 Å². The zero-order chi connectivity index (χ0) is 10.8. The van der Waals surface area contributed by atoms with E-state index in [0.29, 0.717) is 15.3 Å². The zero-order valence-corrected chi connectivity index (χ0v) is 9.83. The predicted molar refractivity (Wildman–Crippen MR) is 61.8 cm³/mol. The second-order valence-electron chi connectivity index (χ2n) is 2.92. The lowest BCUT2D eigenvalue weighted by atomic mass is 10.1. The van der Waals surface area contributed by atoms with Crippen LogP contribution >= 0.6 is 27.5 Å². The molecule has 15 heavy (non-hydrogen) atoms. The molecule has 0 radical (unpaired) electrons. The molecule has 1 N–H and O–H groups in total. The summed E-state index contributed by atoms with van der Waals surface area (Å²) in [5, 5.41) is 17.2. The lowest BCUT2D eigenvalue weighted by molar-refractivity contribution is 0.475. The first-order chi connectivity index (χ1) is 7.16. The summed E-state index contributed by atoms with van der Waals surface area (Å²) in [6.07, 6.45) is 0. The molecule has 0 bridgehead atoms. The molecule has 1 aromatic heterocycles. The van der Waals surface area contributed by atoms with Crippen molar-refractivity contribution in [3.05, 3.63) is 40.0 Å². The average molecular weight is 286 g/mol. The van der Waals surface area contributed by atoms with E-state index < -0.39 is 0 Å². The Balaban J connectivity index is 2.45. The van der Waals surface area contributed by atoms with Crippen molar-refractivity contribution in [2.75, 3.05) is 0 Å². The summed E-state index contributed by atoms with van der Waals surface area (Å²) in [7, 11) is 0. The highest BCUT2D eigenvalue weighted by Crippen LogP contribution is 2.25. The SMILES string of the molecule is Oc1ccc(-c2cc(Br)c(Cl)nn2)cc1. The van der Waals surface area contributed by atoms with Crippen molar-refractivity contribution in [1.29, 1.82) is 0 Å². The second-order valence-corrected chi connectivity index (χ2v) is 4.13. The normalized spacial score (nSPS) is 10.3. The third-order valence-electron chi connectivity index (χ3n) is 1.87. The molecule has 0 aliphatic rings. The van der Waals surface area contributed by atoms with E-state index in [1.54, 1.807) is 30.3 Å². The van der Waals surface area contributed by atoms with Crippen LogP contribution in [0.5, 0.6) is 5.75 Å². The fourth-order valence-electron chi connectivity index (χ4n) is 1.13. The molecule has 0 saturated heterocycles. The molecule has 0 aliphatic heterocycles. The van der Waals surface area contributed by atoms with E-state index in [9.17, 15) is 0 Å². The third-order valence-corrected chi connectivity index (χ3v) is 2.98. The minimum absolute atomic E-state index is 0.222. The minimum atomic E-state index is 0.222. The van der Waals surface area contributed by atoms with Crippen molar-refractivity contribution in [2.45, 2.75) is 0 Å². The van der Waals surface area contributed by atoms with Crippen molar-refractivity contribution in [3.8, 4) is 17.0 Å². The van der Waals surface area contributed by atoms with Crippen molar-refractivity contribution in [3.63, 3.8) is 0 Å². The number of rotatable bonds is 1. The number of halogens is 2. The van der Waals surface area contributed by atoms with E-state index in [2.05, 4.69) is 26.1 Å². The quantitative estimate of drug-likeness (QED) is 0.875. The summed E-state index contributed by atoms with van der Waals surface area (Å²) >= 11 is 9.01. The van der Waals surface area contributed by atoms with E-state index in [-0.39, 0.29) is 5.75 Å². The summed E-state index contributed by atoms with van der Waals surface area (Å²) < 4.78 is 0.697. The molecule has 3 nitrogen and oxygen atoms in total. The number of hydrogen-bond donors (Lipinski definition) is 1. The predicted octanol–water partition coefficient (Wildman–Crippen LogP) is 3.27. The summed E-state index contributed by atoms with van der Waals surface area (Å²) in [6.45, 7) is 0. The first-order valence-corrected chi connectivity index (χ1v) is 5.32. The Kier molecular flexibility index (Phi) is 2.88. The highest BCUT2D eigenvalue weighted by atomic mass is 79.9.